The van der Waals surface area contributed by atoms with Crippen LogP contribution in [0.4, 0.5) is 4.39 Å². The van der Waals surface area contributed by atoms with Crippen LogP contribution in [0.3, 0.4) is 0 Å². The highest BCUT2D eigenvalue weighted by molar-refractivity contribution is 7.98. The summed E-state index contributed by atoms with van der Waals surface area (Å²) in [6.45, 7) is 4.52. The lowest BCUT2D eigenvalue weighted by Crippen LogP contribution is -2.43. The van der Waals surface area contributed by atoms with Gasteiger partial charge in [0.2, 0.25) is 0 Å². The maximum Gasteiger partial charge on any atom is 0.123 e. The molecule has 0 spiro atoms. The Hall–Kier alpha value is -0.580. The average Bonchev–Trinajstić information content (AvgIpc) is 2.34. The van der Waals surface area contributed by atoms with Crippen LogP contribution < -0.4 is 5.32 Å². The fraction of sp³-hybridized carbons (Fsp3) is 0.600. The molecule has 108 valence electrons. The highest BCUT2D eigenvalue weighted by atomic mass is 32.2. The number of aliphatic hydroxyl groups is 1. The summed E-state index contributed by atoms with van der Waals surface area (Å²) >= 11 is 1.64. The molecule has 0 amide bonds. The summed E-state index contributed by atoms with van der Waals surface area (Å²) in [5.41, 5.74) is 0.344. The molecule has 0 saturated carbocycles. The van der Waals surface area contributed by atoms with Crippen LogP contribution in [0.25, 0.3) is 0 Å². The van der Waals surface area contributed by atoms with Gasteiger partial charge in [0, 0.05) is 18.3 Å². The van der Waals surface area contributed by atoms with Gasteiger partial charge in [0.05, 0.1) is 5.60 Å². The third-order valence-corrected chi connectivity index (χ3v) is 3.95. The third kappa shape index (κ3) is 6.95. The van der Waals surface area contributed by atoms with Crippen molar-refractivity contribution in [1.29, 1.82) is 0 Å². The van der Waals surface area contributed by atoms with E-state index in [2.05, 4.69) is 12.2 Å². The lowest BCUT2D eigenvalue weighted by molar-refractivity contribution is 0.0817. The number of thioether (sulfide) groups is 1. The number of hydrogen-bond acceptors (Lipinski definition) is 3. The molecule has 0 aromatic heterocycles. The minimum atomic E-state index is -0.674. The normalized spacial score (nSPS) is 16.1. The number of benzene rings is 1. The van der Waals surface area contributed by atoms with E-state index in [9.17, 15) is 9.50 Å². The molecule has 2 unspecified atom stereocenters. The molecule has 0 bridgehead atoms. The van der Waals surface area contributed by atoms with Gasteiger partial charge in [0.15, 0.2) is 0 Å². The van der Waals surface area contributed by atoms with Crippen molar-refractivity contribution in [2.75, 3.05) is 18.6 Å². The molecular weight excluding hydrogens is 261 g/mol. The van der Waals surface area contributed by atoms with Gasteiger partial charge < -0.3 is 10.4 Å². The first-order valence-corrected chi connectivity index (χ1v) is 8.01. The highest BCUT2D eigenvalue weighted by Crippen LogP contribution is 2.11. The van der Waals surface area contributed by atoms with Gasteiger partial charge in [-0.3, -0.25) is 0 Å². The van der Waals surface area contributed by atoms with Crippen molar-refractivity contribution in [2.45, 2.75) is 38.3 Å². The first kappa shape index (κ1) is 16.5. The minimum absolute atomic E-state index is 0.180. The fourth-order valence-corrected chi connectivity index (χ4v) is 2.66. The maximum absolute atomic E-state index is 13.0. The quantitative estimate of drug-likeness (QED) is 0.770. The van der Waals surface area contributed by atoms with Crippen LogP contribution in [0.15, 0.2) is 24.3 Å². The summed E-state index contributed by atoms with van der Waals surface area (Å²) in [6.07, 6.45) is 3.76. The Morgan fingerprint density at radius 2 is 2.21 bits per heavy atom. The fourth-order valence-electron chi connectivity index (χ4n) is 1.93. The summed E-state index contributed by atoms with van der Waals surface area (Å²) in [4.78, 5) is 0. The molecule has 0 aliphatic heterocycles. The Morgan fingerprint density at radius 3 is 2.84 bits per heavy atom. The van der Waals surface area contributed by atoms with Crippen molar-refractivity contribution in [1.82, 2.24) is 5.32 Å². The summed E-state index contributed by atoms with van der Waals surface area (Å²) < 4.78 is 13.0. The van der Waals surface area contributed by atoms with Gasteiger partial charge >= 0.3 is 0 Å². The molecule has 1 aromatic carbocycles. The average molecular weight is 285 g/mol. The Kier molecular flexibility index (Phi) is 6.83. The van der Waals surface area contributed by atoms with E-state index in [-0.39, 0.29) is 5.82 Å². The molecule has 4 heteroatoms. The Bertz CT molecular complexity index is 384. The van der Waals surface area contributed by atoms with Crippen LogP contribution >= 0.6 is 11.8 Å². The number of rotatable bonds is 8. The van der Waals surface area contributed by atoms with Crippen LogP contribution in [-0.2, 0) is 6.42 Å². The van der Waals surface area contributed by atoms with Gasteiger partial charge in [-0.05, 0) is 50.6 Å². The Morgan fingerprint density at radius 1 is 1.47 bits per heavy atom. The SMILES string of the molecule is CSCC(C)(O)CNC(C)CCc1cccc(F)c1. The van der Waals surface area contributed by atoms with Crippen LogP contribution in [-0.4, -0.2) is 35.3 Å². The van der Waals surface area contributed by atoms with E-state index in [0.29, 0.717) is 12.6 Å². The van der Waals surface area contributed by atoms with E-state index in [0.717, 1.165) is 24.2 Å². The first-order chi connectivity index (χ1) is 8.93. The van der Waals surface area contributed by atoms with Gasteiger partial charge in [0.25, 0.3) is 0 Å². The van der Waals surface area contributed by atoms with Gasteiger partial charge in [-0.2, -0.15) is 11.8 Å². The monoisotopic (exact) mass is 285 g/mol. The molecule has 0 aliphatic rings. The summed E-state index contributed by atoms with van der Waals surface area (Å²) in [5.74, 6) is 0.539. The lowest BCUT2D eigenvalue weighted by atomic mass is 10.0. The van der Waals surface area contributed by atoms with Crippen molar-refractivity contribution >= 4 is 11.8 Å². The molecule has 0 saturated heterocycles. The van der Waals surface area contributed by atoms with E-state index in [4.69, 9.17) is 0 Å². The van der Waals surface area contributed by atoms with E-state index in [1.165, 1.54) is 6.07 Å². The smallest absolute Gasteiger partial charge is 0.123 e. The van der Waals surface area contributed by atoms with Gasteiger partial charge in [0.1, 0.15) is 5.82 Å². The van der Waals surface area contributed by atoms with Crippen molar-refractivity contribution in [3.05, 3.63) is 35.6 Å². The minimum Gasteiger partial charge on any atom is -0.388 e. The molecule has 2 nitrogen and oxygen atoms in total. The second-order valence-corrected chi connectivity index (χ2v) is 6.25. The molecule has 2 N–H and O–H groups in total. The Labute approximate surface area is 119 Å². The van der Waals surface area contributed by atoms with Crippen LogP contribution in [0, 0.1) is 5.82 Å². The van der Waals surface area contributed by atoms with E-state index in [1.54, 1.807) is 23.9 Å². The van der Waals surface area contributed by atoms with E-state index in [1.807, 2.05) is 19.2 Å². The lowest BCUT2D eigenvalue weighted by Gasteiger charge is -2.25. The molecule has 0 heterocycles. The van der Waals surface area contributed by atoms with Crippen LogP contribution in [0.2, 0.25) is 0 Å². The molecule has 0 radical (unpaired) electrons. The Balaban J connectivity index is 2.30. The molecule has 0 aliphatic carbocycles. The van der Waals surface area contributed by atoms with E-state index >= 15 is 0 Å². The number of halogens is 1. The molecule has 1 rings (SSSR count). The largest absolute Gasteiger partial charge is 0.388 e. The topological polar surface area (TPSA) is 32.3 Å². The number of nitrogens with one attached hydrogen (secondary N) is 1. The molecule has 19 heavy (non-hydrogen) atoms. The molecule has 0 fully saturated rings. The maximum atomic E-state index is 13.0. The van der Waals surface area contributed by atoms with Crippen molar-refractivity contribution in [3.63, 3.8) is 0 Å². The van der Waals surface area contributed by atoms with Crippen LogP contribution in [0.1, 0.15) is 25.8 Å². The standard InChI is InChI=1S/C15H24FNOS/c1-12(17-10-15(2,18)11-19-3)7-8-13-5-4-6-14(16)9-13/h4-6,9,12,17-18H,7-8,10-11H2,1-3H3. The zero-order chi connectivity index (χ0) is 14.3. The molecule has 2 atom stereocenters. The van der Waals surface area contributed by atoms with E-state index < -0.39 is 5.60 Å². The second-order valence-electron chi connectivity index (χ2n) is 5.38. The number of hydrogen-bond donors (Lipinski definition) is 2. The first-order valence-electron chi connectivity index (χ1n) is 6.62. The van der Waals surface area contributed by atoms with Crippen molar-refractivity contribution in [3.8, 4) is 0 Å². The van der Waals surface area contributed by atoms with Crippen molar-refractivity contribution in [2.24, 2.45) is 0 Å². The predicted molar refractivity (Wildman–Crippen MR) is 81.2 cm³/mol. The molecular formula is C15H24FNOS. The summed E-state index contributed by atoms with van der Waals surface area (Å²) in [5, 5.41) is 13.4. The van der Waals surface area contributed by atoms with Gasteiger partial charge in [-0.25, -0.2) is 4.39 Å². The summed E-state index contributed by atoms with van der Waals surface area (Å²) in [7, 11) is 0. The van der Waals surface area contributed by atoms with Gasteiger partial charge in [-0.1, -0.05) is 12.1 Å². The van der Waals surface area contributed by atoms with Gasteiger partial charge in [-0.15, -0.1) is 0 Å². The zero-order valence-electron chi connectivity index (χ0n) is 11.9. The highest BCUT2D eigenvalue weighted by Gasteiger charge is 2.19. The van der Waals surface area contributed by atoms with Crippen molar-refractivity contribution < 1.29 is 9.50 Å². The van der Waals surface area contributed by atoms with Crippen LogP contribution in [0.5, 0.6) is 0 Å². The predicted octanol–water partition coefficient (Wildman–Crippen LogP) is 2.85. The third-order valence-electron chi connectivity index (χ3n) is 3.04. The number of aryl methyl sites for hydroxylation is 1. The molecule has 1 aromatic rings. The summed E-state index contributed by atoms with van der Waals surface area (Å²) in [6, 6.07) is 7.03. The zero-order valence-corrected chi connectivity index (χ0v) is 12.8. The second kappa shape index (κ2) is 7.88.